The van der Waals surface area contributed by atoms with Crippen molar-refractivity contribution in [2.24, 2.45) is 5.16 Å². The van der Waals surface area contributed by atoms with E-state index in [1.807, 2.05) is 26.8 Å². The monoisotopic (exact) mass is 435 g/mol. The molecule has 0 bridgehead atoms. The molecule has 0 saturated heterocycles. The second-order valence-corrected chi connectivity index (χ2v) is 6.64. The van der Waals surface area contributed by atoms with E-state index in [0.29, 0.717) is 29.7 Å². The molecule has 1 aromatic rings. The highest BCUT2D eigenvalue weighted by Gasteiger charge is 2.11. The Balaban J connectivity index is 2.53. The molecule has 0 unspecified atom stereocenters. The second-order valence-electron chi connectivity index (χ2n) is 5.48. The molecule has 0 aliphatic heterocycles. The highest BCUT2D eigenvalue weighted by molar-refractivity contribution is 9.11. The van der Waals surface area contributed by atoms with E-state index >= 15 is 0 Å². The molecule has 0 amide bonds. The van der Waals surface area contributed by atoms with Gasteiger partial charge in [-0.05, 0) is 66.7 Å². The zero-order valence-corrected chi connectivity index (χ0v) is 17.1. The zero-order chi connectivity index (χ0) is 18.7. The van der Waals surface area contributed by atoms with Crippen molar-refractivity contribution in [3.8, 4) is 11.5 Å². The number of ether oxygens (including phenoxy) is 2. The lowest BCUT2D eigenvalue weighted by molar-refractivity contribution is 0.135. The van der Waals surface area contributed by atoms with E-state index in [-0.39, 0.29) is 6.61 Å². The number of hydrogen-bond donors (Lipinski definition) is 0. The summed E-state index contributed by atoms with van der Waals surface area (Å²) in [6.45, 7) is 7.01. The average Bonchev–Trinajstić information content (AvgIpc) is 2.54. The fraction of sp³-hybridized carbons (Fsp3) is 0.500. The first-order valence-corrected chi connectivity index (χ1v) is 9.33. The molecule has 1 rings (SSSR count). The van der Waals surface area contributed by atoms with Crippen LogP contribution in [0.2, 0.25) is 5.02 Å². The van der Waals surface area contributed by atoms with Gasteiger partial charge in [0.2, 0.25) is 0 Å². The summed E-state index contributed by atoms with van der Waals surface area (Å²) in [4.78, 5) is 5.14. The number of hydrogen-bond acceptors (Lipinski definition) is 4. The number of aryl methyl sites for hydroxylation is 1. The fourth-order valence-corrected chi connectivity index (χ4v) is 2.36. The molecule has 0 atom stereocenters. The highest BCUT2D eigenvalue weighted by Crippen LogP contribution is 2.34. The Morgan fingerprint density at radius 1 is 1.24 bits per heavy atom. The van der Waals surface area contributed by atoms with E-state index in [0.717, 1.165) is 30.5 Å². The summed E-state index contributed by atoms with van der Waals surface area (Å²) in [7, 11) is 0. The molecule has 0 aromatic heterocycles. The number of halogens is 3. The van der Waals surface area contributed by atoms with Crippen LogP contribution >= 0.6 is 27.5 Å². The number of benzene rings is 1. The van der Waals surface area contributed by atoms with Gasteiger partial charge in [-0.2, -0.15) is 4.39 Å². The van der Waals surface area contributed by atoms with Gasteiger partial charge in [0.1, 0.15) is 24.7 Å². The van der Waals surface area contributed by atoms with Gasteiger partial charge in [0.25, 0.3) is 0 Å². The van der Waals surface area contributed by atoms with Gasteiger partial charge >= 0.3 is 0 Å². The van der Waals surface area contributed by atoms with Crippen molar-refractivity contribution < 1.29 is 18.7 Å². The molecule has 0 aliphatic carbocycles. The first-order chi connectivity index (χ1) is 11.9. The van der Waals surface area contributed by atoms with Gasteiger partial charge in [0.05, 0.1) is 17.3 Å². The largest absolute Gasteiger partial charge is 0.492 e. The van der Waals surface area contributed by atoms with Crippen LogP contribution in [-0.4, -0.2) is 25.5 Å². The SMILES string of the molecule is CCc1cc(OC/C=C(\F)Br)cc(Cl)c1OCCCCON=C(C)C. The Bertz CT molecular complexity index is 600. The van der Waals surface area contributed by atoms with E-state index in [4.69, 9.17) is 25.9 Å². The highest BCUT2D eigenvalue weighted by atomic mass is 79.9. The molecule has 0 radical (unpaired) electrons. The number of nitrogens with zero attached hydrogens (tertiary/aromatic N) is 1. The van der Waals surface area contributed by atoms with E-state index in [1.165, 1.54) is 6.08 Å². The van der Waals surface area contributed by atoms with Crippen LogP contribution in [0.4, 0.5) is 4.39 Å². The summed E-state index contributed by atoms with van der Waals surface area (Å²) in [5.74, 6) is 1.25. The summed E-state index contributed by atoms with van der Waals surface area (Å²) in [5, 5.41) is 4.36. The lowest BCUT2D eigenvalue weighted by Crippen LogP contribution is -2.03. The summed E-state index contributed by atoms with van der Waals surface area (Å²) in [6.07, 6.45) is 3.73. The van der Waals surface area contributed by atoms with Gasteiger partial charge in [-0.1, -0.05) is 23.7 Å². The van der Waals surface area contributed by atoms with E-state index in [2.05, 4.69) is 21.1 Å². The van der Waals surface area contributed by atoms with Crippen LogP contribution in [0.15, 0.2) is 28.1 Å². The second kappa shape index (κ2) is 12.1. The molecular formula is C18H24BrClFNO3. The lowest BCUT2D eigenvalue weighted by atomic mass is 10.1. The smallest absolute Gasteiger partial charge is 0.165 e. The maximum absolute atomic E-state index is 12.6. The number of rotatable bonds is 11. The third-order valence-electron chi connectivity index (χ3n) is 3.09. The predicted octanol–water partition coefficient (Wildman–Crippen LogP) is 6.06. The Labute approximate surface area is 162 Å². The van der Waals surface area contributed by atoms with Gasteiger partial charge in [0.15, 0.2) is 4.74 Å². The van der Waals surface area contributed by atoms with Crippen molar-refractivity contribution in [1.29, 1.82) is 0 Å². The predicted molar refractivity (Wildman–Crippen MR) is 104 cm³/mol. The minimum absolute atomic E-state index is 0.122. The molecule has 0 aliphatic rings. The summed E-state index contributed by atoms with van der Waals surface area (Å²) in [5.41, 5.74) is 1.85. The normalized spacial score (nSPS) is 11.2. The van der Waals surface area contributed by atoms with Crippen molar-refractivity contribution in [3.63, 3.8) is 0 Å². The molecule has 140 valence electrons. The molecular weight excluding hydrogens is 413 g/mol. The van der Waals surface area contributed by atoms with Crippen LogP contribution < -0.4 is 9.47 Å². The van der Waals surface area contributed by atoms with Crippen molar-refractivity contribution in [2.45, 2.75) is 40.0 Å². The maximum atomic E-state index is 12.6. The molecule has 0 N–H and O–H groups in total. The van der Waals surface area contributed by atoms with Gasteiger partial charge in [-0.25, -0.2) is 0 Å². The van der Waals surface area contributed by atoms with Crippen molar-refractivity contribution >= 4 is 33.2 Å². The van der Waals surface area contributed by atoms with Crippen LogP contribution in [0.5, 0.6) is 11.5 Å². The van der Waals surface area contributed by atoms with Crippen LogP contribution in [-0.2, 0) is 11.3 Å². The van der Waals surface area contributed by atoms with Crippen LogP contribution in [0.25, 0.3) is 0 Å². The van der Waals surface area contributed by atoms with Gasteiger partial charge in [0, 0.05) is 6.07 Å². The van der Waals surface area contributed by atoms with Crippen molar-refractivity contribution in [2.75, 3.05) is 19.8 Å². The standard InChI is InChI=1S/C18H24BrClFNO3/c1-4-14-11-15(23-10-7-17(19)21)12-16(20)18(14)24-8-5-6-9-25-22-13(2)3/h7,11-12H,4-6,8-10H2,1-3H3/b17-7-. The van der Waals surface area contributed by atoms with Crippen molar-refractivity contribution in [1.82, 2.24) is 0 Å². The Kier molecular flexibility index (Phi) is 10.6. The quantitative estimate of drug-likeness (QED) is 0.240. The van der Waals surface area contributed by atoms with Crippen molar-refractivity contribution in [3.05, 3.63) is 33.5 Å². The minimum atomic E-state index is -0.460. The average molecular weight is 437 g/mol. The Morgan fingerprint density at radius 3 is 2.60 bits per heavy atom. The third kappa shape index (κ3) is 9.12. The summed E-state index contributed by atoms with van der Waals surface area (Å²) < 4.78 is 23.5. The van der Waals surface area contributed by atoms with E-state index in [1.54, 1.807) is 6.07 Å². The zero-order valence-electron chi connectivity index (χ0n) is 14.8. The van der Waals surface area contributed by atoms with Gasteiger partial charge in [-0.15, -0.1) is 0 Å². The van der Waals surface area contributed by atoms with E-state index in [9.17, 15) is 4.39 Å². The van der Waals surface area contributed by atoms with Crippen LogP contribution in [0.1, 0.15) is 39.2 Å². The Morgan fingerprint density at radius 2 is 1.96 bits per heavy atom. The van der Waals surface area contributed by atoms with E-state index < -0.39 is 4.74 Å². The van der Waals surface area contributed by atoms with Crippen LogP contribution in [0.3, 0.4) is 0 Å². The minimum Gasteiger partial charge on any atom is -0.492 e. The molecule has 4 nitrogen and oxygen atoms in total. The molecule has 1 aromatic carbocycles. The first-order valence-electron chi connectivity index (χ1n) is 8.16. The fourth-order valence-electron chi connectivity index (χ4n) is 1.95. The molecule has 0 saturated carbocycles. The molecule has 0 fully saturated rings. The van der Waals surface area contributed by atoms with Gasteiger partial charge in [-0.3, -0.25) is 0 Å². The topological polar surface area (TPSA) is 40.0 Å². The summed E-state index contributed by atoms with van der Waals surface area (Å²) in [6, 6.07) is 3.54. The van der Waals surface area contributed by atoms with Crippen LogP contribution in [0, 0.1) is 0 Å². The summed E-state index contributed by atoms with van der Waals surface area (Å²) >= 11 is 9.02. The Hall–Kier alpha value is -1.27. The molecule has 0 heterocycles. The first kappa shape index (κ1) is 21.8. The molecule has 25 heavy (non-hydrogen) atoms. The number of oxime groups is 1. The van der Waals surface area contributed by atoms with Gasteiger partial charge < -0.3 is 14.3 Å². The number of unbranched alkanes of at least 4 members (excludes halogenated alkanes) is 1. The third-order valence-corrected chi connectivity index (χ3v) is 3.69. The lowest BCUT2D eigenvalue weighted by Gasteiger charge is -2.14. The maximum Gasteiger partial charge on any atom is 0.165 e. The molecule has 0 spiro atoms. The molecule has 7 heteroatoms.